The van der Waals surface area contributed by atoms with Crippen molar-refractivity contribution in [3.63, 3.8) is 0 Å². The second kappa shape index (κ2) is 11.0. The van der Waals surface area contributed by atoms with Gasteiger partial charge in [0, 0.05) is 0 Å². The van der Waals surface area contributed by atoms with Gasteiger partial charge in [0.05, 0.1) is 13.2 Å². The first kappa shape index (κ1) is 24.1. The third kappa shape index (κ3) is 5.16. The lowest BCUT2D eigenvalue weighted by atomic mass is 9.80. The van der Waals surface area contributed by atoms with Crippen molar-refractivity contribution in [2.45, 2.75) is 19.1 Å². The Kier molecular flexibility index (Phi) is 7.12. The Morgan fingerprint density at radius 3 is 1.59 bits per heavy atom. The summed E-state index contributed by atoms with van der Waals surface area (Å²) in [5.74, 6) is 1.42. The van der Waals surface area contributed by atoms with Gasteiger partial charge >= 0.3 is 0 Å². The first-order valence-electron chi connectivity index (χ1n) is 12.2. The maximum absolute atomic E-state index is 7.14. The van der Waals surface area contributed by atoms with Crippen LogP contribution in [0.4, 0.5) is 5.69 Å². The molecule has 0 bridgehead atoms. The summed E-state index contributed by atoms with van der Waals surface area (Å²) >= 11 is 0. The van der Waals surface area contributed by atoms with E-state index in [1.165, 1.54) is 0 Å². The van der Waals surface area contributed by atoms with Gasteiger partial charge in [-0.15, -0.1) is 0 Å². The van der Waals surface area contributed by atoms with Crippen molar-refractivity contribution in [1.29, 1.82) is 0 Å². The van der Waals surface area contributed by atoms with Gasteiger partial charge in [0.2, 0.25) is 0 Å². The number of ether oxygens (including phenoxy) is 2. The van der Waals surface area contributed by atoms with Crippen molar-refractivity contribution in [2.75, 3.05) is 0 Å². The highest BCUT2D eigenvalue weighted by Gasteiger charge is 2.37. The fraction of sp³-hybridized carbons (Fsp3) is 0.0882. The smallest absolute Gasteiger partial charge is 0.187 e. The van der Waals surface area contributed by atoms with E-state index in [1.54, 1.807) is 12.1 Å². The molecule has 0 fully saturated rings. The zero-order valence-electron chi connectivity index (χ0n) is 20.7. The third-order valence-electron chi connectivity index (χ3n) is 6.51. The standard InChI is InChI=1S/C34H27NO2/c1-26-18-21-33(37-32-22-19-31(35-2)20-23-32)24-27(26)25-36-34(28-12-6-3-7-13-28,29-14-8-4-9-15-29)30-16-10-5-11-17-30/h3-24H,25H2,1H3. The molecule has 37 heavy (non-hydrogen) atoms. The van der Waals surface area contributed by atoms with Crippen LogP contribution in [0.15, 0.2) is 133 Å². The van der Waals surface area contributed by atoms with Gasteiger partial charge in [0.25, 0.3) is 0 Å². The molecular formula is C34H27NO2. The van der Waals surface area contributed by atoms with E-state index in [9.17, 15) is 0 Å². The molecule has 0 aliphatic carbocycles. The van der Waals surface area contributed by atoms with Gasteiger partial charge in [0.1, 0.15) is 17.1 Å². The second-order valence-corrected chi connectivity index (χ2v) is 8.86. The van der Waals surface area contributed by atoms with Crippen LogP contribution in [-0.4, -0.2) is 0 Å². The number of rotatable bonds is 8. The van der Waals surface area contributed by atoms with Crippen molar-refractivity contribution >= 4 is 5.69 Å². The van der Waals surface area contributed by atoms with Crippen molar-refractivity contribution < 1.29 is 9.47 Å². The topological polar surface area (TPSA) is 22.8 Å². The van der Waals surface area contributed by atoms with E-state index in [4.69, 9.17) is 16.0 Å². The van der Waals surface area contributed by atoms with Crippen LogP contribution in [0.25, 0.3) is 4.85 Å². The highest BCUT2D eigenvalue weighted by Crippen LogP contribution is 2.41. The van der Waals surface area contributed by atoms with Crippen molar-refractivity contribution in [3.05, 3.63) is 173 Å². The van der Waals surface area contributed by atoms with E-state index < -0.39 is 5.60 Å². The van der Waals surface area contributed by atoms with Gasteiger partial charge in [0.15, 0.2) is 5.69 Å². The summed E-state index contributed by atoms with van der Waals surface area (Å²) in [6.45, 7) is 9.61. The summed E-state index contributed by atoms with van der Waals surface area (Å²) in [5.41, 5.74) is 5.17. The predicted molar refractivity (Wildman–Crippen MR) is 148 cm³/mol. The number of hydrogen-bond acceptors (Lipinski definition) is 2. The zero-order valence-corrected chi connectivity index (χ0v) is 20.7. The SMILES string of the molecule is [C-]#[N+]c1ccc(Oc2ccc(C)c(COC(c3ccccc3)(c3ccccc3)c3ccccc3)c2)cc1. The molecule has 180 valence electrons. The zero-order chi connectivity index (χ0) is 25.5. The molecule has 0 saturated heterocycles. The summed E-state index contributed by atoms with van der Waals surface area (Å²) in [6, 6.07) is 44.3. The van der Waals surface area contributed by atoms with Crippen molar-refractivity contribution in [3.8, 4) is 11.5 Å². The first-order chi connectivity index (χ1) is 18.2. The maximum Gasteiger partial charge on any atom is 0.187 e. The largest absolute Gasteiger partial charge is 0.457 e. The van der Waals surface area contributed by atoms with E-state index in [0.29, 0.717) is 18.0 Å². The van der Waals surface area contributed by atoms with Crippen LogP contribution in [0.3, 0.4) is 0 Å². The lowest BCUT2D eigenvalue weighted by molar-refractivity contribution is -0.0000404. The fourth-order valence-electron chi connectivity index (χ4n) is 4.55. The van der Waals surface area contributed by atoms with Crippen LogP contribution in [-0.2, 0) is 16.9 Å². The van der Waals surface area contributed by atoms with E-state index in [2.05, 4.69) is 90.6 Å². The molecule has 0 aliphatic rings. The summed E-state index contributed by atoms with van der Waals surface area (Å²) in [4.78, 5) is 3.44. The lowest BCUT2D eigenvalue weighted by Gasteiger charge is -2.36. The molecule has 0 heterocycles. The van der Waals surface area contributed by atoms with E-state index >= 15 is 0 Å². The average molecular weight is 482 g/mol. The monoisotopic (exact) mass is 481 g/mol. The molecule has 0 radical (unpaired) electrons. The molecule has 0 spiro atoms. The Hall–Kier alpha value is -4.65. The normalized spacial score (nSPS) is 11.0. The summed E-state index contributed by atoms with van der Waals surface area (Å²) in [7, 11) is 0. The van der Waals surface area contributed by atoms with Gasteiger partial charge in [-0.05, 0) is 59.0 Å². The molecule has 0 aliphatic heterocycles. The Bertz CT molecular complexity index is 1390. The quantitative estimate of drug-likeness (QED) is 0.163. The second-order valence-electron chi connectivity index (χ2n) is 8.86. The molecule has 3 heteroatoms. The number of nitrogens with zero attached hydrogens (tertiary/aromatic N) is 1. The van der Waals surface area contributed by atoms with Crippen LogP contribution in [0.5, 0.6) is 11.5 Å². The highest BCUT2D eigenvalue weighted by atomic mass is 16.5. The van der Waals surface area contributed by atoms with E-state index in [1.807, 2.05) is 42.5 Å². The van der Waals surface area contributed by atoms with Crippen LogP contribution >= 0.6 is 0 Å². The Morgan fingerprint density at radius 2 is 1.11 bits per heavy atom. The maximum atomic E-state index is 7.14. The molecular weight excluding hydrogens is 454 g/mol. The van der Waals surface area contributed by atoms with Gasteiger partial charge in [-0.2, -0.15) is 0 Å². The van der Waals surface area contributed by atoms with Crippen LogP contribution < -0.4 is 4.74 Å². The molecule has 5 rings (SSSR count). The molecule has 0 unspecified atom stereocenters. The Morgan fingerprint density at radius 1 is 0.622 bits per heavy atom. The van der Waals surface area contributed by atoms with Crippen LogP contribution in [0, 0.1) is 13.5 Å². The highest BCUT2D eigenvalue weighted by molar-refractivity contribution is 5.49. The summed E-state index contributed by atoms with van der Waals surface area (Å²) in [5, 5.41) is 0. The molecule has 0 N–H and O–H groups in total. The Labute approximate surface area is 218 Å². The number of benzene rings is 5. The minimum Gasteiger partial charge on any atom is -0.457 e. The van der Waals surface area contributed by atoms with E-state index in [0.717, 1.165) is 33.6 Å². The lowest BCUT2D eigenvalue weighted by Crippen LogP contribution is -2.32. The number of hydrogen-bond donors (Lipinski definition) is 0. The molecule has 5 aromatic rings. The average Bonchev–Trinajstić information content (AvgIpc) is 2.97. The molecule has 0 atom stereocenters. The van der Waals surface area contributed by atoms with Crippen LogP contribution in [0.1, 0.15) is 27.8 Å². The van der Waals surface area contributed by atoms with Gasteiger partial charge in [-0.3, -0.25) is 0 Å². The fourth-order valence-corrected chi connectivity index (χ4v) is 4.55. The minimum absolute atomic E-state index is 0.387. The van der Waals surface area contributed by atoms with Crippen molar-refractivity contribution in [1.82, 2.24) is 0 Å². The van der Waals surface area contributed by atoms with Gasteiger partial charge in [-0.25, -0.2) is 4.85 Å². The van der Waals surface area contributed by atoms with E-state index in [-0.39, 0.29) is 0 Å². The first-order valence-corrected chi connectivity index (χ1v) is 12.2. The minimum atomic E-state index is -0.789. The molecule has 0 saturated carbocycles. The number of aryl methyl sites for hydroxylation is 1. The third-order valence-corrected chi connectivity index (χ3v) is 6.51. The molecule has 0 amide bonds. The van der Waals surface area contributed by atoms with Gasteiger partial charge < -0.3 is 9.47 Å². The van der Waals surface area contributed by atoms with Gasteiger partial charge in [-0.1, -0.05) is 109 Å². The Balaban J connectivity index is 1.53. The van der Waals surface area contributed by atoms with Crippen LogP contribution in [0.2, 0.25) is 0 Å². The summed E-state index contributed by atoms with van der Waals surface area (Å²) in [6.07, 6.45) is 0. The molecule has 5 aromatic carbocycles. The molecule has 0 aromatic heterocycles. The summed E-state index contributed by atoms with van der Waals surface area (Å²) < 4.78 is 13.1. The molecule has 3 nitrogen and oxygen atoms in total. The van der Waals surface area contributed by atoms with Crippen molar-refractivity contribution in [2.24, 2.45) is 0 Å². The predicted octanol–water partition coefficient (Wildman–Crippen LogP) is 8.85.